The molecule has 0 saturated carbocycles. The van der Waals surface area contributed by atoms with Crippen LogP contribution in [-0.4, -0.2) is 70.1 Å². The summed E-state index contributed by atoms with van der Waals surface area (Å²) in [4.78, 5) is 27.6. The van der Waals surface area contributed by atoms with E-state index >= 15 is 0 Å². The van der Waals surface area contributed by atoms with Crippen molar-refractivity contribution in [1.29, 1.82) is 0 Å². The summed E-state index contributed by atoms with van der Waals surface area (Å²) in [6, 6.07) is 7.95. The minimum atomic E-state index is -0.907. The van der Waals surface area contributed by atoms with Crippen LogP contribution < -0.4 is 9.47 Å². The van der Waals surface area contributed by atoms with Crippen molar-refractivity contribution < 1.29 is 24.1 Å². The second-order valence-electron chi connectivity index (χ2n) is 9.22. The van der Waals surface area contributed by atoms with Gasteiger partial charge in [-0.15, -0.1) is 11.3 Å². The summed E-state index contributed by atoms with van der Waals surface area (Å²) in [5.41, 5.74) is 5.52. The molecule has 4 heterocycles. The largest absolute Gasteiger partial charge is 0.488 e. The number of fused-ring (bicyclic) bond motifs is 4. The molecule has 0 radical (unpaired) electrons. The van der Waals surface area contributed by atoms with Gasteiger partial charge in [0.1, 0.15) is 16.9 Å². The minimum Gasteiger partial charge on any atom is -0.488 e. The molecule has 36 heavy (non-hydrogen) atoms. The standard InChI is InChI=1S/C26H26N4O5S/c1-14-9-18(23-20(10-14)28-22(33-2)12-27-23)25-29-19-3-4-21-17(24(19)36-25)11-16(35-21)13-30(26(31)32)15-5-7-34-8-6-15/h3-4,9-10,12,15-16H,5-8,11,13H2,1-2H3,(H,31,32). The van der Waals surface area contributed by atoms with E-state index in [1.54, 1.807) is 24.6 Å². The van der Waals surface area contributed by atoms with E-state index in [-0.39, 0.29) is 12.1 Å². The smallest absolute Gasteiger partial charge is 0.407 e. The second kappa shape index (κ2) is 9.18. The number of benzene rings is 2. The quantitative estimate of drug-likeness (QED) is 0.416. The molecule has 1 unspecified atom stereocenters. The number of methoxy groups -OCH3 is 1. The molecule has 0 aliphatic carbocycles. The third-order valence-corrected chi connectivity index (χ3v) is 7.99. The molecule has 2 aliphatic rings. The van der Waals surface area contributed by atoms with Gasteiger partial charge in [0.2, 0.25) is 5.88 Å². The first-order valence-corrected chi connectivity index (χ1v) is 12.8. The van der Waals surface area contributed by atoms with E-state index < -0.39 is 6.09 Å². The van der Waals surface area contributed by atoms with E-state index in [9.17, 15) is 9.90 Å². The zero-order chi connectivity index (χ0) is 24.8. The van der Waals surface area contributed by atoms with Gasteiger partial charge in [0, 0.05) is 36.8 Å². The van der Waals surface area contributed by atoms with E-state index in [2.05, 4.69) is 16.0 Å². The van der Waals surface area contributed by atoms with E-state index in [0.29, 0.717) is 44.9 Å². The number of amides is 1. The van der Waals surface area contributed by atoms with Crippen LogP contribution >= 0.6 is 11.3 Å². The van der Waals surface area contributed by atoms with Gasteiger partial charge in [-0.25, -0.2) is 19.7 Å². The molecule has 186 valence electrons. The van der Waals surface area contributed by atoms with Gasteiger partial charge < -0.3 is 24.2 Å². The average molecular weight is 507 g/mol. The molecule has 6 rings (SSSR count). The monoisotopic (exact) mass is 506 g/mol. The van der Waals surface area contributed by atoms with Gasteiger partial charge in [0.05, 0.1) is 41.1 Å². The maximum atomic E-state index is 12.0. The molecule has 1 N–H and O–H groups in total. The number of carbonyl (C=O) groups is 1. The SMILES string of the molecule is COc1cnc2c(-c3nc4ccc5c(c4s3)CC(CN(C(=O)O)C3CCOCC3)O5)cc(C)cc2n1. The summed E-state index contributed by atoms with van der Waals surface area (Å²) >= 11 is 1.61. The van der Waals surface area contributed by atoms with Crippen molar-refractivity contribution in [3.05, 3.63) is 41.6 Å². The van der Waals surface area contributed by atoms with Gasteiger partial charge in [-0.2, -0.15) is 0 Å². The van der Waals surface area contributed by atoms with Crippen molar-refractivity contribution in [3.63, 3.8) is 0 Å². The predicted molar refractivity (Wildman–Crippen MR) is 136 cm³/mol. The number of nitrogens with zero attached hydrogens (tertiary/aromatic N) is 4. The Bertz CT molecular complexity index is 1470. The van der Waals surface area contributed by atoms with Crippen LogP contribution in [0.5, 0.6) is 11.6 Å². The number of aryl methyl sites for hydroxylation is 1. The highest BCUT2D eigenvalue weighted by molar-refractivity contribution is 7.22. The molecule has 0 spiro atoms. The van der Waals surface area contributed by atoms with Crippen LogP contribution in [0.1, 0.15) is 24.0 Å². The summed E-state index contributed by atoms with van der Waals surface area (Å²) in [5, 5.41) is 10.7. The summed E-state index contributed by atoms with van der Waals surface area (Å²) in [6.07, 6.45) is 2.56. The number of hydrogen-bond acceptors (Lipinski definition) is 8. The lowest BCUT2D eigenvalue weighted by molar-refractivity contribution is 0.0246. The fourth-order valence-corrected chi connectivity index (χ4v) is 6.23. The van der Waals surface area contributed by atoms with E-state index in [1.807, 2.05) is 25.1 Å². The van der Waals surface area contributed by atoms with Crippen molar-refractivity contribution in [2.45, 2.75) is 38.3 Å². The number of carboxylic acid groups (broad SMARTS) is 1. The summed E-state index contributed by atoms with van der Waals surface area (Å²) in [5.74, 6) is 1.28. The first kappa shape index (κ1) is 22.9. The molecule has 1 amide bonds. The Balaban J connectivity index is 1.32. The van der Waals surface area contributed by atoms with Gasteiger partial charge in [0.25, 0.3) is 0 Å². The Labute approximate surface area is 211 Å². The van der Waals surface area contributed by atoms with Gasteiger partial charge in [-0.1, -0.05) is 0 Å². The van der Waals surface area contributed by atoms with E-state index in [1.165, 1.54) is 4.90 Å². The van der Waals surface area contributed by atoms with Crippen LogP contribution in [0.4, 0.5) is 4.79 Å². The first-order valence-electron chi connectivity index (χ1n) is 12.0. The Kier molecular flexibility index (Phi) is 5.85. The third kappa shape index (κ3) is 4.10. The number of ether oxygens (including phenoxy) is 3. The van der Waals surface area contributed by atoms with Crippen molar-refractivity contribution >= 4 is 38.7 Å². The van der Waals surface area contributed by atoms with Gasteiger partial charge in [-0.3, -0.25) is 0 Å². The molecular formula is C26H26N4O5S. The molecule has 0 bridgehead atoms. The number of rotatable bonds is 5. The highest BCUT2D eigenvalue weighted by Crippen LogP contribution is 2.42. The lowest BCUT2D eigenvalue weighted by atomic mass is 10.1. The van der Waals surface area contributed by atoms with Crippen LogP contribution in [0.25, 0.3) is 31.8 Å². The molecular weight excluding hydrogens is 480 g/mol. The first-order chi connectivity index (χ1) is 17.5. The molecule has 1 atom stereocenters. The predicted octanol–water partition coefficient (Wildman–Crippen LogP) is 4.69. The normalized spacial score (nSPS) is 17.8. The van der Waals surface area contributed by atoms with Crippen molar-refractivity contribution in [2.24, 2.45) is 0 Å². The van der Waals surface area contributed by atoms with Gasteiger partial charge in [0.15, 0.2) is 0 Å². The summed E-state index contributed by atoms with van der Waals surface area (Å²) in [6.45, 7) is 3.55. The molecule has 4 aromatic rings. The van der Waals surface area contributed by atoms with Crippen LogP contribution in [0.2, 0.25) is 0 Å². The molecule has 2 aliphatic heterocycles. The minimum absolute atomic E-state index is 0.0343. The molecule has 2 aromatic heterocycles. The van der Waals surface area contributed by atoms with E-state index in [0.717, 1.165) is 48.7 Å². The fourth-order valence-electron chi connectivity index (χ4n) is 5.11. The van der Waals surface area contributed by atoms with E-state index in [4.69, 9.17) is 19.2 Å². The molecule has 9 nitrogen and oxygen atoms in total. The Morgan fingerprint density at radius 1 is 1.22 bits per heavy atom. The zero-order valence-corrected chi connectivity index (χ0v) is 20.9. The molecule has 10 heteroatoms. The number of aromatic nitrogens is 3. The zero-order valence-electron chi connectivity index (χ0n) is 20.1. The second-order valence-corrected chi connectivity index (χ2v) is 10.2. The molecule has 2 aromatic carbocycles. The van der Waals surface area contributed by atoms with Crippen molar-refractivity contribution in [3.8, 4) is 22.2 Å². The number of thiazole rings is 1. The Morgan fingerprint density at radius 3 is 2.83 bits per heavy atom. The molecule has 1 saturated heterocycles. The maximum absolute atomic E-state index is 12.0. The fraction of sp³-hybridized carbons (Fsp3) is 0.385. The van der Waals surface area contributed by atoms with Crippen LogP contribution in [0.15, 0.2) is 30.5 Å². The van der Waals surface area contributed by atoms with Gasteiger partial charge in [-0.05, 0) is 49.6 Å². The van der Waals surface area contributed by atoms with Crippen LogP contribution in [0, 0.1) is 6.92 Å². The Morgan fingerprint density at radius 2 is 2.06 bits per heavy atom. The summed E-state index contributed by atoms with van der Waals surface area (Å²) < 4.78 is 17.9. The lowest BCUT2D eigenvalue weighted by Crippen LogP contribution is -2.47. The average Bonchev–Trinajstić information content (AvgIpc) is 3.50. The Hall–Kier alpha value is -3.50. The number of hydrogen-bond donors (Lipinski definition) is 1. The van der Waals surface area contributed by atoms with Gasteiger partial charge >= 0.3 is 6.09 Å². The lowest BCUT2D eigenvalue weighted by Gasteiger charge is -2.33. The topological polar surface area (TPSA) is 107 Å². The highest BCUT2D eigenvalue weighted by Gasteiger charge is 2.33. The third-order valence-electron chi connectivity index (χ3n) is 6.83. The van der Waals surface area contributed by atoms with Crippen molar-refractivity contribution in [2.75, 3.05) is 26.9 Å². The van der Waals surface area contributed by atoms with Crippen LogP contribution in [0.3, 0.4) is 0 Å². The maximum Gasteiger partial charge on any atom is 0.407 e. The molecule has 1 fully saturated rings. The summed E-state index contributed by atoms with van der Waals surface area (Å²) in [7, 11) is 1.58. The highest BCUT2D eigenvalue weighted by atomic mass is 32.1. The van der Waals surface area contributed by atoms with Crippen molar-refractivity contribution in [1.82, 2.24) is 19.9 Å². The van der Waals surface area contributed by atoms with Crippen LogP contribution in [-0.2, 0) is 11.2 Å².